The maximum atomic E-state index is 13.1. The molecule has 2 N–H and O–H groups in total. The molecule has 0 aliphatic rings. The minimum atomic E-state index is -0.657. The Morgan fingerprint density at radius 3 is 2.30 bits per heavy atom. The Morgan fingerprint density at radius 2 is 1.57 bits per heavy atom. The number of para-hydroxylation sites is 1. The number of nitrogens with zero attached hydrogens (tertiary/aromatic N) is 4. The number of nitrogens with one attached hydrogen (secondary N) is 2. The lowest BCUT2D eigenvalue weighted by Gasteiger charge is -2.05. The summed E-state index contributed by atoms with van der Waals surface area (Å²) < 4.78 is 20.3. The minimum Gasteiger partial charge on any atom is -0.441 e. The molecule has 37 heavy (non-hydrogen) atoms. The van der Waals surface area contributed by atoms with Crippen LogP contribution in [0.3, 0.4) is 0 Å². The van der Waals surface area contributed by atoms with Crippen molar-refractivity contribution in [2.75, 3.05) is 0 Å². The van der Waals surface area contributed by atoms with Crippen LogP contribution in [0.15, 0.2) is 95.5 Å². The van der Waals surface area contributed by atoms with E-state index in [1.165, 1.54) is 18.3 Å². The maximum Gasteiger partial charge on any atom is 0.309 e. The molecule has 184 valence electrons. The molecule has 0 aliphatic heterocycles. The van der Waals surface area contributed by atoms with Crippen LogP contribution in [0.1, 0.15) is 22.9 Å². The van der Waals surface area contributed by atoms with Crippen molar-refractivity contribution in [1.82, 2.24) is 30.6 Å². The van der Waals surface area contributed by atoms with Crippen molar-refractivity contribution in [3.05, 3.63) is 109 Å². The van der Waals surface area contributed by atoms with Crippen molar-refractivity contribution in [1.29, 1.82) is 0 Å². The summed E-state index contributed by atoms with van der Waals surface area (Å²) in [7, 11) is 0. The number of rotatable bonds is 7. The first-order valence-corrected chi connectivity index (χ1v) is 11.4. The Morgan fingerprint density at radius 1 is 0.865 bits per heavy atom. The van der Waals surface area contributed by atoms with Crippen molar-refractivity contribution in [2.45, 2.75) is 12.8 Å². The summed E-state index contributed by atoms with van der Waals surface area (Å²) in [5, 5.41) is 4.36. The van der Waals surface area contributed by atoms with Crippen LogP contribution in [-0.2, 0) is 11.2 Å². The van der Waals surface area contributed by atoms with Crippen LogP contribution in [0.2, 0.25) is 0 Å². The molecule has 0 radical (unpaired) electrons. The Bertz CT molecular complexity index is 1460. The van der Waals surface area contributed by atoms with Gasteiger partial charge in [0.05, 0.1) is 11.9 Å². The van der Waals surface area contributed by atoms with Gasteiger partial charge in [0, 0.05) is 24.0 Å². The molecule has 0 saturated heterocycles. The van der Waals surface area contributed by atoms with Gasteiger partial charge in [-0.15, -0.1) is 5.10 Å². The van der Waals surface area contributed by atoms with Crippen molar-refractivity contribution in [3.8, 4) is 28.4 Å². The Balaban J connectivity index is 1.21. The summed E-state index contributed by atoms with van der Waals surface area (Å²) in [5.41, 5.74) is 6.92. The van der Waals surface area contributed by atoms with Gasteiger partial charge in [-0.2, -0.15) is 0 Å². The van der Waals surface area contributed by atoms with E-state index in [9.17, 15) is 14.0 Å². The van der Waals surface area contributed by atoms with E-state index < -0.39 is 11.8 Å². The summed E-state index contributed by atoms with van der Waals surface area (Å²) in [4.78, 5) is 33.6. The highest BCUT2D eigenvalue weighted by atomic mass is 19.1. The predicted molar refractivity (Wildman–Crippen MR) is 133 cm³/mol. The molecule has 2 heterocycles. The highest BCUT2D eigenvalue weighted by Gasteiger charge is 2.19. The smallest absolute Gasteiger partial charge is 0.309 e. The van der Waals surface area contributed by atoms with Gasteiger partial charge in [-0.1, -0.05) is 48.5 Å². The minimum absolute atomic E-state index is 0.0187. The summed E-state index contributed by atoms with van der Waals surface area (Å²) in [6.45, 7) is 0. The number of carbonyl (C=O) groups is 2. The lowest BCUT2D eigenvalue weighted by atomic mass is 10.2. The zero-order chi connectivity index (χ0) is 25.6. The normalized spacial score (nSPS) is 10.7. The summed E-state index contributed by atoms with van der Waals surface area (Å²) in [6.07, 6.45) is 1.74. The molecular weight excluding hydrogens is 475 g/mol. The zero-order valence-electron chi connectivity index (χ0n) is 19.5. The van der Waals surface area contributed by atoms with Gasteiger partial charge < -0.3 is 4.42 Å². The van der Waals surface area contributed by atoms with E-state index in [1.54, 1.807) is 16.8 Å². The summed E-state index contributed by atoms with van der Waals surface area (Å²) in [5.74, 6) is -0.241. The molecule has 0 bridgehead atoms. The number of hydrogen-bond donors (Lipinski definition) is 2. The molecule has 3 aromatic carbocycles. The van der Waals surface area contributed by atoms with Crippen molar-refractivity contribution >= 4 is 11.8 Å². The van der Waals surface area contributed by atoms with E-state index in [2.05, 4.69) is 25.9 Å². The second-order valence-electron chi connectivity index (χ2n) is 8.00. The number of hydrogen-bond acceptors (Lipinski definition) is 6. The molecule has 5 aromatic rings. The molecule has 10 heteroatoms. The first-order chi connectivity index (χ1) is 18.1. The van der Waals surface area contributed by atoms with E-state index in [-0.39, 0.29) is 24.5 Å². The third-order valence-corrected chi connectivity index (χ3v) is 5.41. The van der Waals surface area contributed by atoms with Crippen LogP contribution in [0.4, 0.5) is 4.39 Å². The van der Waals surface area contributed by atoms with Gasteiger partial charge in [-0.3, -0.25) is 20.4 Å². The molecule has 0 aliphatic carbocycles. The van der Waals surface area contributed by atoms with Gasteiger partial charge in [-0.05, 0) is 36.4 Å². The molecule has 2 amide bonds. The van der Waals surface area contributed by atoms with Gasteiger partial charge in [0.2, 0.25) is 11.7 Å². The second kappa shape index (κ2) is 10.6. The lowest BCUT2D eigenvalue weighted by molar-refractivity contribution is -0.121. The highest BCUT2D eigenvalue weighted by Crippen LogP contribution is 2.22. The molecule has 0 saturated carbocycles. The monoisotopic (exact) mass is 496 g/mol. The number of halogens is 1. The second-order valence-corrected chi connectivity index (χ2v) is 8.00. The van der Waals surface area contributed by atoms with Gasteiger partial charge >= 0.3 is 5.91 Å². The van der Waals surface area contributed by atoms with Gasteiger partial charge in [0.1, 0.15) is 5.82 Å². The average molecular weight is 497 g/mol. The predicted octanol–water partition coefficient (Wildman–Crippen LogP) is 4.12. The summed E-state index contributed by atoms with van der Waals surface area (Å²) in [6, 6.07) is 24.5. The third-order valence-electron chi connectivity index (χ3n) is 5.41. The fourth-order valence-corrected chi connectivity index (χ4v) is 3.57. The molecule has 5 rings (SSSR count). The standard InChI is InChI=1S/C27H21FN6O3/c28-20-13-11-18(12-14-20)22-17-29-24(37-22)16-15-23(35)31-32-27(36)25-30-26(19-7-3-1-4-8-19)34(33-25)21-9-5-2-6-10-21/h1-14,17H,15-16H2,(H,31,35)(H,32,36). The zero-order valence-corrected chi connectivity index (χ0v) is 19.5. The van der Waals surface area contributed by atoms with E-state index in [0.29, 0.717) is 23.0 Å². The van der Waals surface area contributed by atoms with Crippen molar-refractivity contribution in [2.24, 2.45) is 0 Å². The first kappa shape index (κ1) is 23.6. The Hall–Kier alpha value is -5.12. The van der Waals surface area contributed by atoms with Crippen molar-refractivity contribution < 1.29 is 18.4 Å². The molecule has 0 spiro atoms. The van der Waals surface area contributed by atoms with Crippen LogP contribution < -0.4 is 10.9 Å². The Labute approximate surface area is 211 Å². The van der Waals surface area contributed by atoms with Gasteiger partial charge in [-0.25, -0.2) is 19.0 Å². The van der Waals surface area contributed by atoms with Crippen LogP contribution in [0, 0.1) is 5.82 Å². The number of oxazole rings is 1. The lowest BCUT2D eigenvalue weighted by Crippen LogP contribution is -2.42. The number of benzene rings is 3. The fourth-order valence-electron chi connectivity index (χ4n) is 3.57. The number of amides is 2. The highest BCUT2D eigenvalue weighted by molar-refractivity contribution is 5.92. The van der Waals surface area contributed by atoms with E-state index in [1.807, 2.05) is 60.7 Å². The molecule has 0 fully saturated rings. The quantitative estimate of drug-likeness (QED) is 0.328. The molecule has 0 atom stereocenters. The summed E-state index contributed by atoms with van der Waals surface area (Å²) >= 11 is 0. The average Bonchev–Trinajstić information content (AvgIpc) is 3.60. The van der Waals surface area contributed by atoms with Crippen LogP contribution >= 0.6 is 0 Å². The van der Waals surface area contributed by atoms with Crippen LogP contribution in [-0.4, -0.2) is 31.6 Å². The molecule has 9 nitrogen and oxygen atoms in total. The van der Waals surface area contributed by atoms with E-state index in [4.69, 9.17) is 4.42 Å². The first-order valence-electron chi connectivity index (χ1n) is 11.4. The molecule has 2 aromatic heterocycles. The number of aromatic nitrogens is 4. The molecular formula is C27H21FN6O3. The van der Waals surface area contributed by atoms with E-state index >= 15 is 0 Å². The Kier molecular flexibility index (Phi) is 6.80. The SMILES string of the molecule is O=C(CCc1ncc(-c2ccc(F)cc2)o1)NNC(=O)c1nc(-c2ccccc2)n(-c2ccccc2)n1. The van der Waals surface area contributed by atoms with Crippen molar-refractivity contribution in [3.63, 3.8) is 0 Å². The van der Waals surface area contributed by atoms with Crippen LogP contribution in [0.5, 0.6) is 0 Å². The number of hydrazine groups is 1. The largest absolute Gasteiger partial charge is 0.441 e. The number of aryl methyl sites for hydroxylation is 1. The van der Waals surface area contributed by atoms with Crippen LogP contribution in [0.25, 0.3) is 28.4 Å². The third kappa shape index (κ3) is 5.59. The molecule has 0 unspecified atom stereocenters. The van der Waals surface area contributed by atoms with Gasteiger partial charge in [0.25, 0.3) is 0 Å². The van der Waals surface area contributed by atoms with Gasteiger partial charge in [0.15, 0.2) is 17.5 Å². The van der Waals surface area contributed by atoms with E-state index in [0.717, 1.165) is 11.3 Å². The topological polar surface area (TPSA) is 115 Å². The maximum absolute atomic E-state index is 13.1. The number of carbonyl (C=O) groups excluding carboxylic acids is 2. The fraction of sp³-hybridized carbons (Fsp3) is 0.0741.